The van der Waals surface area contributed by atoms with E-state index in [2.05, 4.69) is 4.99 Å². The monoisotopic (exact) mass is 533 g/mol. The fourth-order valence-corrected chi connectivity index (χ4v) is 5.88. The number of nitrogens with zero attached hydrogens (tertiary/aromatic N) is 3. The van der Waals surface area contributed by atoms with Gasteiger partial charge in [-0.1, -0.05) is 35.6 Å². The Bertz CT molecular complexity index is 1750. The highest BCUT2D eigenvalue weighted by atomic mass is 32.1. The molecule has 2 aromatic carbocycles. The number of carbonyl (C=O) groups is 3. The van der Waals surface area contributed by atoms with Crippen molar-refractivity contribution in [3.05, 3.63) is 84.5 Å². The van der Waals surface area contributed by atoms with E-state index in [0.29, 0.717) is 27.3 Å². The van der Waals surface area contributed by atoms with Crippen molar-refractivity contribution in [3.8, 4) is 11.5 Å². The second-order valence-corrected chi connectivity index (χ2v) is 9.63. The van der Waals surface area contributed by atoms with E-state index < -0.39 is 23.5 Å². The Morgan fingerprint density at radius 3 is 2.47 bits per heavy atom. The van der Waals surface area contributed by atoms with E-state index in [9.17, 15) is 19.2 Å². The van der Waals surface area contributed by atoms with Crippen LogP contribution in [0.1, 0.15) is 31.0 Å². The summed E-state index contributed by atoms with van der Waals surface area (Å²) in [6.07, 6.45) is 0. The van der Waals surface area contributed by atoms with Crippen molar-refractivity contribution in [2.24, 2.45) is 4.99 Å². The predicted octanol–water partition coefficient (Wildman–Crippen LogP) is 1.69. The van der Waals surface area contributed by atoms with E-state index in [1.165, 1.54) is 36.7 Å². The fourth-order valence-electron chi connectivity index (χ4n) is 4.74. The van der Waals surface area contributed by atoms with Gasteiger partial charge < -0.3 is 19.1 Å². The van der Waals surface area contributed by atoms with E-state index >= 15 is 0 Å². The summed E-state index contributed by atoms with van der Waals surface area (Å²) in [5.41, 5.74) is 2.20. The number of carbonyl (C=O) groups excluding carboxylic acids is 3. The first-order chi connectivity index (χ1) is 18.2. The second-order valence-electron chi connectivity index (χ2n) is 8.65. The molecular weight excluding hydrogens is 510 g/mol. The molecule has 0 saturated carbocycles. The highest BCUT2D eigenvalue weighted by molar-refractivity contribution is 7.07. The number of hydrogen-bond acceptors (Lipinski definition) is 9. The van der Waals surface area contributed by atoms with Crippen LogP contribution < -0.4 is 29.3 Å². The lowest BCUT2D eigenvalue weighted by molar-refractivity contribution is -0.136. The molecule has 3 aromatic rings. The largest absolute Gasteiger partial charge is 0.493 e. The van der Waals surface area contributed by atoms with E-state index in [-0.39, 0.29) is 33.1 Å². The number of thiazole rings is 1. The van der Waals surface area contributed by atoms with Crippen molar-refractivity contribution in [1.82, 2.24) is 4.57 Å². The van der Waals surface area contributed by atoms with Gasteiger partial charge in [0.15, 0.2) is 16.3 Å². The number of aromatic nitrogens is 1. The van der Waals surface area contributed by atoms with Gasteiger partial charge in [0.1, 0.15) is 4.53 Å². The van der Waals surface area contributed by atoms with Crippen LogP contribution in [0.15, 0.2) is 63.5 Å². The number of fused-ring (bicyclic) bond motifs is 2. The molecule has 2 aliphatic rings. The zero-order chi connectivity index (χ0) is 27.3. The molecule has 1 atom stereocenters. The number of esters is 2. The number of rotatable bonds is 4. The predicted molar refractivity (Wildman–Crippen MR) is 139 cm³/mol. The smallest absolute Gasteiger partial charge is 0.338 e. The Labute approximate surface area is 220 Å². The third-order valence-electron chi connectivity index (χ3n) is 6.44. The van der Waals surface area contributed by atoms with Crippen molar-refractivity contribution in [3.63, 3.8) is 0 Å². The molecule has 0 aliphatic carbocycles. The fraction of sp³-hybridized carbons (Fsp3) is 0.222. The minimum atomic E-state index is -0.933. The van der Waals surface area contributed by atoms with Crippen LogP contribution in [-0.4, -0.2) is 43.7 Å². The van der Waals surface area contributed by atoms with Gasteiger partial charge in [-0.15, -0.1) is 0 Å². The van der Waals surface area contributed by atoms with Gasteiger partial charge in [0.2, 0.25) is 0 Å². The molecular formula is C27H23N3O7S. The van der Waals surface area contributed by atoms with Crippen LogP contribution >= 0.6 is 11.3 Å². The maximum atomic E-state index is 14.0. The third-order valence-corrected chi connectivity index (χ3v) is 7.49. The van der Waals surface area contributed by atoms with Crippen LogP contribution in [0.3, 0.4) is 0 Å². The van der Waals surface area contributed by atoms with Gasteiger partial charge in [0, 0.05) is 19.5 Å². The Kier molecular flexibility index (Phi) is 6.23. The third kappa shape index (κ3) is 3.82. The summed E-state index contributed by atoms with van der Waals surface area (Å²) in [6, 6.07) is 11.1. The molecule has 0 spiro atoms. The Morgan fingerprint density at radius 2 is 1.79 bits per heavy atom. The van der Waals surface area contributed by atoms with Gasteiger partial charge in [-0.3, -0.25) is 19.0 Å². The SMILES string of the molecule is COC(=O)C1=C(C)N=c2sc(=C3C(=O)N(C)c4ccccc43)c(=O)n2C1c1ccc(OC(C)=O)c(OC)c1. The van der Waals surface area contributed by atoms with Gasteiger partial charge in [-0.2, -0.15) is 0 Å². The summed E-state index contributed by atoms with van der Waals surface area (Å²) in [4.78, 5) is 58.1. The normalized spacial score (nSPS) is 17.6. The molecule has 3 heterocycles. The molecule has 0 fully saturated rings. The zero-order valence-electron chi connectivity index (χ0n) is 21.2. The second kappa shape index (κ2) is 9.42. The summed E-state index contributed by atoms with van der Waals surface area (Å²) in [5.74, 6) is -1.05. The number of methoxy groups -OCH3 is 2. The molecule has 0 radical (unpaired) electrons. The highest BCUT2D eigenvalue weighted by Crippen LogP contribution is 2.37. The quantitative estimate of drug-likeness (QED) is 0.370. The zero-order valence-corrected chi connectivity index (χ0v) is 22.0. The number of para-hydroxylation sites is 1. The van der Waals surface area contributed by atoms with E-state index in [1.807, 2.05) is 18.2 Å². The topological polar surface area (TPSA) is 117 Å². The summed E-state index contributed by atoms with van der Waals surface area (Å²) >= 11 is 1.09. The Hall–Kier alpha value is -4.51. The van der Waals surface area contributed by atoms with E-state index in [1.54, 1.807) is 32.2 Å². The summed E-state index contributed by atoms with van der Waals surface area (Å²) < 4.78 is 17.3. The first-order valence-corrected chi connectivity index (χ1v) is 12.4. The van der Waals surface area contributed by atoms with Crippen molar-refractivity contribution >= 4 is 40.4 Å². The van der Waals surface area contributed by atoms with Crippen LogP contribution in [-0.2, 0) is 19.1 Å². The van der Waals surface area contributed by atoms with Crippen molar-refractivity contribution in [1.29, 1.82) is 0 Å². The molecule has 0 saturated heterocycles. The first-order valence-electron chi connectivity index (χ1n) is 11.5. The molecule has 194 valence electrons. The summed E-state index contributed by atoms with van der Waals surface area (Å²) in [5, 5.41) is 0. The number of anilines is 1. The molecule has 0 bridgehead atoms. The van der Waals surface area contributed by atoms with Crippen LogP contribution in [0.25, 0.3) is 5.57 Å². The summed E-state index contributed by atoms with van der Waals surface area (Å²) in [6.45, 7) is 2.93. The molecule has 2 aliphatic heterocycles. The molecule has 0 N–H and O–H groups in total. The maximum Gasteiger partial charge on any atom is 0.338 e. The number of benzene rings is 2. The lowest BCUT2D eigenvalue weighted by Crippen LogP contribution is -2.40. The average Bonchev–Trinajstić information content (AvgIpc) is 3.35. The van der Waals surface area contributed by atoms with Crippen molar-refractivity contribution < 1.29 is 28.6 Å². The Balaban J connectivity index is 1.81. The first kappa shape index (κ1) is 25.2. The molecule has 10 nitrogen and oxygen atoms in total. The van der Waals surface area contributed by atoms with Gasteiger partial charge >= 0.3 is 11.9 Å². The lowest BCUT2D eigenvalue weighted by Gasteiger charge is -2.25. The molecule has 5 rings (SSSR count). The molecule has 1 unspecified atom stereocenters. The van der Waals surface area contributed by atoms with Gasteiger partial charge in [0.05, 0.1) is 42.8 Å². The van der Waals surface area contributed by atoms with Crippen LogP contribution in [0.2, 0.25) is 0 Å². The average molecular weight is 534 g/mol. The van der Waals surface area contributed by atoms with Crippen LogP contribution in [0, 0.1) is 0 Å². The van der Waals surface area contributed by atoms with Gasteiger partial charge in [-0.25, -0.2) is 9.79 Å². The van der Waals surface area contributed by atoms with E-state index in [4.69, 9.17) is 14.2 Å². The number of hydrogen-bond donors (Lipinski definition) is 0. The van der Waals surface area contributed by atoms with Gasteiger partial charge in [-0.05, 0) is 30.7 Å². The van der Waals surface area contributed by atoms with Crippen LogP contribution in [0.5, 0.6) is 11.5 Å². The van der Waals surface area contributed by atoms with Crippen LogP contribution in [0.4, 0.5) is 5.69 Å². The number of amides is 1. The standard InChI is InChI=1S/C27H23N3O7S/c1-13-20(26(34)36-5)22(15-10-11-18(37-14(2)31)19(12-15)35-4)30-25(33)23(38-27(30)28-13)21-16-8-6-7-9-17(16)29(3)24(21)32/h6-12,22H,1-5H3. The van der Waals surface area contributed by atoms with Gasteiger partial charge in [0.25, 0.3) is 11.5 Å². The minimum Gasteiger partial charge on any atom is -0.493 e. The highest BCUT2D eigenvalue weighted by Gasteiger charge is 2.36. The molecule has 1 amide bonds. The number of ether oxygens (including phenoxy) is 3. The molecule has 11 heteroatoms. The van der Waals surface area contributed by atoms with Crippen molar-refractivity contribution in [2.75, 3.05) is 26.2 Å². The number of likely N-dealkylation sites (N-methyl/N-ethyl adjacent to an activating group) is 1. The lowest BCUT2D eigenvalue weighted by atomic mass is 9.95. The molecule has 38 heavy (non-hydrogen) atoms. The Morgan fingerprint density at radius 1 is 1.05 bits per heavy atom. The van der Waals surface area contributed by atoms with Crippen molar-refractivity contribution in [2.45, 2.75) is 19.9 Å². The maximum absolute atomic E-state index is 14.0. The molecule has 1 aromatic heterocycles. The minimum absolute atomic E-state index is 0.161. The summed E-state index contributed by atoms with van der Waals surface area (Å²) in [7, 11) is 4.33. The number of allylic oxidation sites excluding steroid dienone is 1. The van der Waals surface area contributed by atoms with E-state index in [0.717, 1.165) is 11.3 Å².